The summed E-state index contributed by atoms with van der Waals surface area (Å²) >= 11 is 6.16. The Morgan fingerprint density at radius 1 is 1.26 bits per heavy atom. The maximum Gasteiger partial charge on any atom is 0.123 e. The van der Waals surface area contributed by atoms with Gasteiger partial charge in [-0.15, -0.1) is 11.6 Å². The lowest BCUT2D eigenvalue weighted by molar-refractivity contribution is 0.215. The summed E-state index contributed by atoms with van der Waals surface area (Å²) in [5.74, 6) is 1.84. The minimum absolute atomic E-state index is 0.283. The summed E-state index contributed by atoms with van der Waals surface area (Å²) in [6, 6.07) is 8.34. The minimum atomic E-state index is 0.283. The molecule has 0 aromatic heterocycles. The first-order chi connectivity index (χ1) is 9.31. The van der Waals surface area contributed by atoms with Gasteiger partial charge in [-0.1, -0.05) is 31.0 Å². The van der Waals surface area contributed by atoms with Crippen LogP contribution in [0.4, 0.5) is 0 Å². The van der Waals surface area contributed by atoms with Crippen LogP contribution in [0.1, 0.15) is 31.2 Å². The van der Waals surface area contributed by atoms with Crippen molar-refractivity contribution in [1.29, 1.82) is 0 Å². The third-order valence-electron chi connectivity index (χ3n) is 4.53. The van der Waals surface area contributed by atoms with E-state index in [1.165, 1.54) is 31.2 Å². The number of para-hydroxylation sites is 1. The zero-order chi connectivity index (χ0) is 13.1. The van der Waals surface area contributed by atoms with Crippen molar-refractivity contribution in [2.45, 2.75) is 38.2 Å². The lowest BCUT2D eigenvalue weighted by Gasteiger charge is -2.27. The molecule has 0 amide bonds. The van der Waals surface area contributed by atoms with E-state index in [0.29, 0.717) is 5.41 Å². The number of nitrogens with one attached hydrogen (secondary N) is 1. The Morgan fingerprint density at radius 3 is 2.79 bits per heavy atom. The van der Waals surface area contributed by atoms with Crippen molar-refractivity contribution in [3.05, 3.63) is 29.8 Å². The molecule has 0 radical (unpaired) electrons. The number of alkyl halides is 1. The highest BCUT2D eigenvalue weighted by atomic mass is 35.5. The van der Waals surface area contributed by atoms with Crippen molar-refractivity contribution < 1.29 is 4.74 Å². The van der Waals surface area contributed by atoms with Gasteiger partial charge in [0.1, 0.15) is 11.9 Å². The van der Waals surface area contributed by atoms with Gasteiger partial charge in [0.2, 0.25) is 0 Å². The molecule has 0 spiro atoms. The van der Waals surface area contributed by atoms with Crippen LogP contribution in [0.2, 0.25) is 0 Å². The van der Waals surface area contributed by atoms with E-state index >= 15 is 0 Å². The second kappa shape index (κ2) is 5.72. The highest BCUT2D eigenvalue weighted by molar-refractivity contribution is 6.18. The van der Waals surface area contributed by atoms with E-state index in [1.807, 2.05) is 6.07 Å². The Kier molecular flexibility index (Phi) is 3.99. The first-order valence-electron chi connectivity index (χ1n) is 7.33. The minimum Gasteiger partial charge on any atom is -0.488 e. The predicted octanol–water partition coefficient (Wildman–Crippen LogP) is 3.38. The molecule has 1 fully saturated rings. The highest BCUT2D eigenvalue weighted by Crippen LogP contribution is 2.38. The van der Waals surface area contributed by atoms with Crippen molar-refractivity contribution in [2.75, 3.05) is 19.0 Å². The summed E-state index contributed by atoms with van der Waals surface area (Å²) in [5.41, 5.74) is 1.68. The Labute approximate surface area is 120 Å². The van der Waals surface area contributed by atoms with E-state index < -0.39 is 0 Å². The normalized spacial score (nSPS) is 24.2. The standard InChI is InChI=1S/C16H22ClNO/c17-11-16(7-3-4-8-16)12-18-10-14-9-13-5-1-2-6-15(13)19-14/h1-2,5-6,14,18H,3-4,7-12H2. The number of hydrogen-bond donors (Lipinski definition) is 1. The van der Waals surface area contributed by atoms with Gasteiger partial charge in [0, 0.05) is 25.4 Å². The molecule has 3 rings (SSSR count). The molecule has 0 bridgehead atoms. The fraction of sp³-hybridized carbons (Fsp3) is 0.625. The maximum absolute atomic E-state index is 6.16. The Bertz CT molecular complexity index is 404. The SMILES string of the molecule is ClCC1(CNCC2Cc3ccccc3O2)CCCC1. The van der Waals surface area contributed by atoms with Crippen LogP contribution in [0, 0.1) is 5.41 Å². The molecule has 1 saturated carbocycles. The summed E-state index contributed by atoms with van der Waals surface area (Å²) in [6.07, 6.45) is 6.52. The molecule has 1 unspecified atom stereocenters. The van der Waals surface area contributed by atoms with Gasteiger partial charge in [0.15, 0.2) is 0 Å². The zero-order valence-electron chi connectivity index (χ0n) is 11.3. The molecule has 2 nitrogen and oxygen atoms in total. The van der Waals surface area contributed by atoms with Crippen LogP contribution in [-0.2, 0) is 6.42 Å². The molecule has 19 heavy (non-hydrogen) atoms. The first kappa shape index (κ1) is 13.3. The highest BCUT2D eigenvalue weighted by Gasteiger charge is 2.33. The summed E-state index contributed by atoms with van der Waals surface area (Å²) in [5, 5.41) is 3.59. The molecule has 1 aromatic carbocycles. The second-order valence-corrected chi connectivity index (χ2v) is 6.29. The molecular weight excluding hydrogens is 258 g/mol. The van der Waals surface area contributed by atoms with Crippen molar-refractivity contribution in [1.82, 2.24) is 5.32 Å². The van der Waals surface area contributed by atoms with E-state index in [4.69, 9.17) is 16.3 Å². The quantitative estimate of drug-likeness (QED) is 0.835. The summed E-state index contributed by atoms with van der Waals surface area (Å²) in [7, 11) is 0. The monoisotopic (exact) mass is 279 g/mol. The topological polar surface area (TPSA) is 21.3 Å². The van der Waals surface area contributed by atoms with Gasteiger partial charge < -0.3 is 10.1 Å². The molecule has 1 heterocycles. The molecular formula is C16H22ClNO. The van der Waals surface area contributed by atoms with Crippen LogP contribution in [0.5, 0.6) is 5.75 Å². The van der Waals surface area contributed by atoms with Gasteiger partial charge in [-0.25, -0.2) is 0 Å². The van der Waals surface area contributed by atoms with Gasteiger partial charge in [0.05, 0.1) is 0 Å². The number of hydrogen-bond acceptors (Lipinski definition) is 2. The average Bonchev–Trinajstić information content (AvgIpc) is 3.05. The smallest absolute Gasteiger partial charge is 0.123 e. The van der Waals surface area contributed by atoms with Crippen molar-refractivity contribution in [2.24, 2.45) is 5.41 Å². The lowest BCUT2D eigenvalue weighted by atomic mass is 9.88. The predicted molar refractivity (Wildman–Crippen MR) is 79.1 cm³/mol. The van der Waals surface area contributed by atoms with E-state index in [-0.39, 0.29) is 6.10 Å². The van der Waals surface area contributed by atoms with Crippen LogP contribution in [-0.4, -0.2) is 25.1 Å². The van der Waals surface area contributed by atoms with Gasteiger partial charge in [0.25, 0.3) is 0 Å². The molecule has 1 N–H and O–H groups in total. The third kappa shape index (κ3) is 2.90. The van der Waals surface area contributed by atoms with Gasteiger partial charge in [-0.2, -0.15) is 0 Å². The van der Waals surface area contributed by atoms with Gasteiger partial charge in [-0.3, -0.25) is 0 Å². The Hall–Kier alpha value is -0.730. The van der Waals surface area contributed by atoms with Crippen LogP contribution in [0.25, 0.3) is 0 Å². The van der Waals surface area contributed by atoms with Crippen LogP contribution in [0.3, 0.4) is 0 Å². The van der Waals surface area contributed by atoms with E-state index in [1.54, 1.807) is 0 Å². The van der Waals surface area contributed by atoms with Gasteiger partial charge >= 0.3 is 0 Å². The Balaban J connectivity index is 1.47. The lowest BCUT2D eigenvalue weighted by Crippen LogP contribution is -2.38. The summed E-state index contributed by atoms with van der Waals surface area (Å²) in [6.45, 7) is 1.96. The van der Waals surface area contributed by atoms with Crippen LogP contribution < -0.4 is 10.1 Å². The van der Waals surface area contributed by atoms with Gasteiger partial charge in [-0.05, 0) is 29.9 Å². The number of halogens is 1. The van der Waals surface area contributed by atoms with E-state index in [9.17, 15) is 0 Å². The molecule has 3 heteroatoms. The average molecular weight is 280 g/mol. The zero-order valence-corrected chi connectivity index (χ0v) is 12.1. The fourth-order valence-electron chi connectivity index (χ4n) is 3.35. The molecule has 0 saturated heterocycles. The third-order valence-corrected chi connectivity index (χ3v) is 5.10. The molecule has 1 atom stereocenters. The first-order valence-corrected chi connectivity index (χ1v) is 7.86. The van der Waals surface area contributed by atoms with E-state index in [2.05, 4.69) is 23.5 Å². The molecule has 1 aliphatic heterocycles. The number of ether oxygens (including phenoxy) is 1. The number of fused-ring (bicyclic) bond motifs is 1. The maximum atomic E-state index is 6.16. The summed E-state index contributed by atoms with van der Waals surface area (Å²) < 4.78 is 5.94. The fourth-order valence-corrected chi connectivity index (χ4v) is 3.71. The van der Waals surface area contributed by atoms with Crippen molar-refractivity contribution in [3.63, 3.8) is 0 Å². The molecule has 104 valence electrons. The van der Waals surface area contributed by atoms with Crippen LogP contribution >= 0.6 is 11.6 Å². The van der Waals surface area contributed by atoms with Crippen molar-refractivity contribution in [3.8, 4) is 5.75 Å². The molecule has 1 aromatic rings. The Morgan fingerprint density at radius 2 is 2.05 bits per heavy atom. The van der Waals surface area contributed by atoms with E-state index in [0.717, 1.165) is 31.1 Å². The number of benzene rings is 1. The van der Waals surface area contributed by atoms with Crippen molar-refractivity contribution >= 4 is 11.6 Å². The molecule has 2 aliphatic rings. The number of rotatable bonds is 5. The largest absolute Gasteiger partial charge is 0.488 e. The summed E-state index contributed by atoms with van der Waals surface area (Å²) in [4.78, 5) is 0. The molecule has 1 aliphatic carbocycles. The van der Waals surface area contributed by atoms with Crippen LogP contribution in [0.15, 0.2) is 24.3 Å². The second-order valence-electron chi connectivity index (χ2n) is 6.02.